The molecule has 0 aliphatic rings. The summed E-state index contributed by atoms with van der Waals surface area (Å²) >= 11 is 0. The normalized spacial score (nSPS) is 24.3. The Morgan fingerprint density at radius 2 is 0.600 bits per heavy atom. The van der Waals surface area contributed by atoms with Crippen molar-refractivity contribution in [3.05, 3.63) is 0 Å². The molecular formula is C10H22O10. The fourth-order valence-electron chi connectivity index (χ4n) is 1.48. The molecule has 0 rings (SSSR count). The van der Waals surface area contributed by atoms with Crippen LogP contribution in [0.2, 0.25) is 0 Å². The molecule has 0 heterocycles. The molecule has 0 aromatic carbocycles. The highest BCUT2D eigenvalue weighted by Crippen LogP contribution is 2.14. The first-order valence-corrected chi connectivity index (χ1v) is 5.85. The Bertz CT molecular complexity index is 238. The highest BCUT2D eigenvalue weighted by molar-refractivity contribution is 4.91. The predicted molar refractivity (Wildman–Crippen MR) is 62.2 cm³/mol. The summed E-state index contributed by atoms with van der Waals surface area (Å²) in [5.41, 5.74) is 0. The largest absolute Gasteiger partial charge is 0.394 e. The van der Waals surface area contributed by atoms with Gasteiger partial charge in [0, 0.05) is 0 Å². The maximum Gasteiger partial charge on any atom is 0.111 e. The van der Waals surface area contributed by atoms with Gasteiger partial charge in [-0.15, -0.1) is 0 Å². The molecule has 0 spiro atoms. The molecule has 10 nitrogen and oxygen atoms in total. The molecule has 0 aromatic rings. The average Bonchev–Trinajstić information content (AvgIpc) is 2.48. The maximum absolute atomic E-state index is 9.51. The Labute approximate surface area is 114 Å². The number of aliphatic hydroxyl groups is 10. The first-order valence-electron chi connectivity index (χ1n) is 5.85. The van der Waals surface area contributed by atoms with E-state index in [0.29, 0.717) is 0 Å². The monoisotopic (exact) mass is 302 g/mol. The zero-order valence-electron chi connectivity index (χ0n) is 10.5. The fourth-order valence-corrected chi connectivity index (χ4v) is 1.48. The Balaban J connectivity index is 4.71. The summed E-state index contributed by atoms with van der Waals surface area (Å²) in [6.45, 7) is -1.84. The molecule has 0 aliphatic heterocycles. The summed E-state index contributed by atoms with van der Waals surface area (Å²) in [7, 11) is 0. The molecule has 0 saturated heterocycles. The molecule has 10 heteroatoms. The molecule has 0 aromatic heterocycles. The van der Waals surface area contributed by atoms with Crippen LogP contribution in [-0.2, 0) is 0 Å². The second-order valence-electron chi connectivity index (χ2n) is 4.44. The second-order valence-corrected chi connectivity index (χ2v) is 4.44. The lowest BCUT2D eigenvalue weighted by Gasteiger charge is -2.32. The Morgan fingerprint density at radius 1 is 0.400 bits per heavy atom. The SMILES string of the molecule is OC[C@@H](O)[C@H](O)[C@H](O)[C@H](O)[C@@H](O)[C@@H](O)[C@H](O)[C@H](O)CO. The van der Waals surface area contributed by atoms with Crippen LogP contribution in [0.25, 0.3) is 0 Å². The van der Waals surface area contributed by atoms with Crippen LogP contribution >= 0.6 is 0 Å². The van der Waals surface area contributed by atoms with E-state index in [1.54, 1.807) is 0 Å². The first-order chi connectivity index (χ1) is 9.18. The van der Waals surface area contributed by atoms with E-state index in [9.17, 15) is 30.6 Å². The molecule has 0 aliphatic carbocycles. The van der Waals surface area contributed by atoms with E-state index in [1.165, 1.54) is 0 Å². The fraction of sp³-hybridized carbons (Fsp3) is 1.00. The van der Waals surface area contributed by atoms with Crippen LogP contribution in [0.1, 0.15) is 0 Å². The summed E-state index contributed by atoms with van der Waals surface area (Å²) < 4.78 is 0. The number of hydrogen-bond donors (Lipinski definition) is 10. The van der Waals surface area contributed by atoms with Gasteiger partial charge >= 0.3 is 0 Å². The van der Waals surface area contributed by atoms with Crippen molar-refractivity contribution in [3.63, 3.8) is 0 Å². The predicted octanol–water partition coefficient (Wildman–Crippen LogP) is -6.14. The van der Waals surface area contributed by atoms with Crippen molar-refractivity contribution in [3.8, 4) is 0 Å². The standard InChI is InChI=1S/C10H22O10/c11-1-3(13)5(15)7(17)9(19)10(20)8(18)6(16)4(14)2-12/h3-20H,1-2H2/t3-,4-,5-,6+,7+,8+,9+,10+/m1/s1. The van der Waals surface area contributed by atoms with Crippen LogP contribution in [0, 0.1) is 0 Å². The first kappa shape index (κ1) is 19.6. The summed E-state index contributed by atoms with van der Waals surface area (Å²) in [4.78, 5) is 0. The molecule has 0 bridgehead atoms. The molecular weight excluding hydrogens is 280 g/mol. The molecule has 0 fully saturated rings. The van der Waals surface area contributed by atoms with Gasteiger partial charge in [0.2, 0.25) is 0 Å². The lowest BCUT2D eigenvalue weighted by atomic mass is 9.93. The van der Waals surface area contributed by atoms with Gasteiger partial charge in [0.1, 0.15) is 48.8 Å². The van der Waals surface area contributed by atoms with E-state index in [2.05, 4.69) is 0 Å². The van der Waals surface area contributed by atoms with Gasteiger partial charge in [-0.25, -0.2) is 0 Å². The van der Waals surface area contributed by atoms with Gasteiger partial charge < -0.3 is 51.1 Å². The summed E-state index contributed by atoms with van der Waals surface area (Å²) in [6.07, 6.45) is -16.3. The topological polar surface area (TPSA) is 202 Å². The van der Waals surface area contributed by atoms with Gasteiger partial charge in [-0.3, -0.25) is 0 Å². The van der Waals surface area contributed by atoms with Crippen LogP contribution < -0.4 is 0 Å². The third-order valence-electron chi connectivity index (χ3n) is 2.91. The molecule has 0 amide bonds. The third-order valence-corrected chi connectivity index (χ3v) is 2.91. The van der Waals surface area contributed by atoms with Gasteiger partial charge in [-0.1, -0.05) is 0 Å². The highest BCUT2D eigenvalue weighted by Gasteiger charge is 2.40. The van der Waals surface area contributed by atoms with Gasteiger partial charge in [-0.05, 0) is 0 Å². The van der Waals surface area contributed by atoms with Crippen molar-refractivity contribution >= 4 is 0 Å². The Hall–Kier alpha value is -0.400. The quantitative estimate of drug-likeness (QED) is 0.195. The minimum absolute atomic E-state index is 0.921. The Kier molecular flexibility index (Phi) is 8.62. The van der Waals surface area contributed by atoms with Crippen molar-refractivity contribution in [1.29, 1.82) is 0 Å². The van der Waals surface area contributed by atoms with Crippen molar-refractivity contribution < 1.29 is 51.1 Å². The Morgan fingerprint density at radius 3 is 0.800 bits per heavy atom. The van der Waals surface area contributed by atoms with Crippen molar-refractivity contribution in [2.45, 2.75) is 48.8 Å². The maximum atomic E-state index is 9.51. The molecule has 0 radical (unpaired) electrons. The van der Waals surface area contributed by atoms with Crippen LogP contribution in [0.15, 0.2) is 0 Å². The zero-order chi connectivity index (χ0) is 16.0. The van der Waals surface area contributed by atoms with Crippen molar-refractivity contribution in [1.82, 2.24) is 0 Å². The van der Waals surface area contributed by atoms with E-state index >= 15 is 0 Å². The highest BCUT2D eigenvalue weighted by atomic mass is 16.4. The average molecular weight is 302 g/mol. The van der Waals surface area contributed by atoms with Crippen molar-refractivity contribution in [2.75, 3.05) is 13.2 Å². The molecule has 20 heavy (non-hydrogen) atoms. The minimum atomic E-state index is -2.19. The van der Waals surface area contributed by atoms with Gasteiger partial charge in [0.25, 0.3) is 0 Å². The van der Waals surface area contributed by atoms with Gasteiger partial charge in [0.15, 0.2) is 0 Å². The smallest absolute Gasteiger partial charge is 0.111 e. The van der Waals surface area contributed by atoms with Gasteiger partial charge in [0.05, 0.1) is 13.2 Å². The summed E-state index contributed by atoms with van der Waals surface area (Å²) in [5, 5.41) is 91.8. The molecule has 8 atom stereocenters. The summed E-state index contributed by atoms with van der Waals surface area (Å²) in [6, 6.07) is 0. The summed E-state index contributed by atoms with van der Waals surface area (Å²) in [5.74, 6) is 0. The number of rotatable bonds is 9. The molecule has 0 unspecified atom stereocenters. The lowest BCUT2D eigenvalue weighted by Crippen LogP contribution is -2.56. The number of aliphatic hydroxyl groups excluding tert-OH is 10. The van der Waals surface area contributed by atoms with E-state index in [4.69, 9.17) is 20.4 Å². The number of hydrogen-bond acceptors (Lipinski definition) is 10. The van der Waals surface area contributed by atoms with Crippen LogP contribution in [0.4, 0.5) is 0 Å². The van der Waals surface area contributed by atoms with E-state index in [-0.39, 0.29) is 0 Å². The lowest BCUT2D eigenvalue weighted by molar-refractivity contribution is -0.181. The van der Waals surface area contributed by atoms with Crippen LogP contribution in [0.3, 0.4) is 0 Å². The van der Waals surface area contributed by atoms with Crippen LogP contribution in [0.5, 0.6) is 0 Å². The second kappa shape index (κ2) is 8.79. The van der Waals surface area contributed by atoms with E-state index < -0.39 is 62.0 Å². The van der Waals surface area contributed by atoms with E-state index in [0.717, 1.165) is 0 Å². The van der Waals surface area contributed by atoms with Crippen LogP contribution in [-0.4, -0.2) is 113 Å². The molecule has 122 valence electrons. The van der Waals surface area contributed by atoms with Crippen molar-refractivity contribution in [2.24, 2.45) is 0 Å². The molecule has 0 saturated carbocycles. The third kappa shape index (κ3) is 4.86. The van der Waals surface area contributed by atoms with E-state index in [1.807, 2.05) is 0 Å². The molecule has 10 N–H and O–H groups in total. The van der Waals surface area contributed by atoms with Gasteiger partial charge in [-0.2, -0.15) is 0 Å². The minimum Gasteiger partial charge on any atom is -0.394 e. The zero-order valence-corrected chi connectivity index (χ0v) is 10.5.